The van der Waals surface area contributed by atoms with E-state index in [4.69, 9.17) is 5.73 Å². The lowest BCUT2D eigenvalue weighted by molar-refractivity contribution is 0.697. The molecule has 20 heavy (non-hydrogen) atoms. The van der Waals surface area contributed by atoms with Crippen molar-refractivity contribution in [2.75, 3.05) is 0 Å². The van der Waals surface area contributed by atoms with Crippen LogP contribution in [0.15, 0.2) is 60.7 Å². The summed E-state index contributed by atoms with van der Waals surface area (Å²) in [5.41, 5.74) is 10.8. The number of aryl methyl sites for hydroxylation is 1. The van der Waals surface area contributed by atoms with Crippen LogP contribution in [0.25, 0.3) is 10.9 Å². The summed E-state index contributed by atoms with van der Waals surface area (Å²) in [6, 6.07) is 20.6. The van der Waals surface area contributed by atoms with Crippen LogP contribution in [0.2, 0.25) is 0 Å². The third kappa shape index (κ3) is 2.56. The normalized spacial score (nSPS) is 12.5. The van der Waals surface area contributed by atoms with Gasteiger partial charge in [-0.3, -0.25) is 4.98 Å². The SMILES string of the molecule is Cc1ccccc1CC(N)c1ccc2ccccc2n1. The van der Waals surface area contributed by atoms with Crippen LogP contribution in [-0.4, -0.2) is 4.98 Å². The molecule has 1 atom stereocenters. The van der Waals surface area contributed by atoms with Crippen molar-refractivity contribution in [3.05, 3.63) is 77.5 Å². The Morgan fingerprint density at radius 1 is 0.950 bits per heavy atom. The highest BCUT2D eigenvalue weighted by atomic mass is 14.8. The van der Waals surface area contributed by atoms with Gasteiger partial charge in [0, 0.05) is 5.39 Å². The van der Waals surface area contributed by atoms with Crippen molar-refractivity contribution < 1.29 is 0 Å². The molecule has 3 rings (SSSR count). The highest BCUT2D eigenvalue weighted by molar-refractivity contribution is 5.78. The number of rotatable bonds is 3. The van der Waals surface area contributed by atoms with Gasteiger partial charge >= 0.3 is 0 Å². The second kappa shape index (κ2) is 5.43. The third-order valence-corrected chi connectivity index (χ3v) is 3.70. The zero-order valence-corrected chi connectivity index (χ0v) is 11.6. The largest absolute Gasteiger partial charge is 0.322 e. The number of nitrogens with zero attached hydrogens (tertiary/aromatic N) is 1. The fourth-order valence-electron chi connectivity index (χ4n) is 2.47. The van der Waals surface area contributed by atoms with Crippen molar-refractivity contribution in [1.82, 2.24) is 4.98 Å². The van der Waals surface area contributed by atoms with Crippen molar-refractivity contribution in [2.45, 2.75) is 19.4 Å². The number of para-hydroxylation sites is 1. The summed E-state index contributed by atoms with van der Waals surface area (Å²) in [6.07, 6.45) is 0.817. The Bertz CT molecular complexity index is 734. The summed E-state index contributed by atoms with van der Waals surface area (Å²) in [7, 11) is 0. The molecule has 0 aliphatic heterocycles. The molecule has 2 aromatic carbocycles. The zero-order valence-electron chi connectivity index (χ0n) is 11.6. The van der Waals surface area contributed by atoms with E-state index in [1.165, 1.54) is 11.1 Å². The fourth-order valence-corrected chi connectivity index (χ4v) is 2.47. The molecule has 3 aromatic rings. The average Bonchev–Trinajstić information content (AvgIpc) is 2.49. The number of hydrogen-bond donors (Lipinski definition) is 1. The molecule has 0 aliphatic carbocycles. The maximum Gasteiger partial charge on any atom is 0.0706 e. The topological polar surface area (TPSA) is 38.9 Å². The van der Waals surface area contributed by atoms with E-state index >= 15 is 0 Å². The minimum Gasteiger partial charge on any atom is -0.322 e. The van der Waals surface area contributed by atoms with Crippen LogP contribution < -0.4 is 5.73 Å². The highest BCUT2D eigenvalue weighted by Crippen LogP contribution is 2.19. The van der Waals surface area contributed by atoms with Gasteiger partial charge < -0.3 is 5.73 Å². The minimum absolute atomic E-state index is 0.0688. The van der Waals surface area contributed by atoms with Crippen LogP contribution in [0.4, 0.5) is 0 Å². The molecule has 1 heterocycles. The van der Waals surface area contributed by atoms with Gasteiger partial charge in [0.15, 0.2) is 0 Å². The second-order valence-electron chi connectivity index (χ2n) is 5.17. The number of aromatic nitrogens is 1. The lowest BCUT2D eigenvalue weighted by atomic mass is 9.99. The van der Waals surface area contributed by atoms with Crippen molar-refractivity contribution in [3.63, 3.8) is 0 Å². The lowest BCUT2D eigenvalue weighted by Gasteiger charge is -2.13. The standard InChI is InChI=1S/C18H18N2/c1-13-6-2-3-8-15(13)12-16(19)18-11-10-14-7-4-5-9-17(14)20-18/h2-11,16H,12,19H2,1H3. The van der Waals surface area contributed by atoms with Gasteiger partial charge in [-0.2, -0.15) is 0 Å². The van der Waals surface area contributed by atoms with Crippen molar-refractivity contribution >= 4 is 10.9 Å². The van der Waals surface area contributed by atoms with Crippen LogP contribution in [0.3, 0.4) is 0 Å². The molecule has 2 heteroatoms. The first-order chi connectivity index (χ1) is 9.74. The summed E-state index contributed by atoms with van der Waals surface area (Å²) in [5.74, 6) is 0. The van der Waals surface area contributed by atoms with E-state index in [9.17, 15) is 0 Å². The van der Waals surface area contributed by atoms with Gasteiger partial charge in [-0.1, -0.05) is 48.5 Å². The van der Waals surface area contributed by atoms with Crippen LogP contribution in [-0.2, 0) is 6.42 Å². The predicted octanol–water partition coefficient (Wildman–Crippen LogP) is 3.79. The third-order valence-electron chi connectivity index (χ3n) is 3.70. The number of pyridine rings is 1. The Kier molecular flexibility index (Phi) is 3.48. The predicted molar refractivity (Wildman–Crippen MR) is 83.6 cm³/mol. The summed E-state index contributed by atoms with van der Waals surface area (Å²) >= 11 is 0. The first-order valence-electron chi connectivity index (χ1n) is 6.90. The molecule has 0 bridgehead atoms. The lowest BCUT2D eigenvalue weighted by Crippen LogP contribution is -2.15. The number of fused-ring (bicyclic) bond motifs is 1. The van der Waals surface area contributed by atoms with E-state index in [-0.39, 0.29) is 6.04 Å². The first kappa shape index (κ1) is 12.8. The molecular formula is C18H18N2. The monoisotopic (exact) mass is 262 g/mol. The molecule has 1 unspecified atom stereocenters. The molecule has 0 radical (unpaired) electrons. The quantitative estimate of drug-likeness (QED) is 0.780. The van der Waals surface area contributed by atoms with Gasteiger partial charge in [-0.15, -0.1) is 0 Å². The van der Waals surface area contributed by atoms with Gasteiger partial charge in [0.2, 0.25) is 0 Å². The molecule has 100 valence electrons. The number of hydrogen-bond acceptors (Lipinski definition) is 2. The summed E-state index contributed by atoms with van der Waals surface area (Å²) in [6.45, 7) is 2.12. The molecular weight excluding hydrogens is 244 g/mol. The zero-order chi connectivity index (χ0) is 13.9. The van der Waals surface area contributed by atoms with Crippen LogP contribution >= 0.6 is 0 Å². The highest BCUT2D eigenvalue weighted by Gasteiger charge is 2.10. The van der Waals surface area contributed by atoms with Crippen LogP contribution in [0.1, 0.15) is 22.9 Å². The molecule has 2 N–H and O–H groups in total. The molecule has 0 aliphatic rings. The van der Waals surface area contributed by atoms with Crippen molar-refractivity contribution in [1.29, 1.82) is 0 Å². The van der Waals surface area contributed by atoms with Crippen molar-refractivity contribution in [3.8, 4) is 0 Å². The first-order valence-corrected chi connectivity index (χ1v) is 6.90. The fraction of sp³-hybridized carbons (Fsp3) is 0.167. The Labute approximate surface area is 119 Å². The van der Waals surface area contributed by atoms with Gasteiger partial charge in [-0.25, -0.2) is 0 Å². The summed E-state index contributed by atoms with van der Waals surface area (Å²) in [5, 5.41) is 1.15. The molecule has 2 nitrogen and oxygen atoms in total. The Balaban J connectivity index is 1.89. The average molecular weight is 262 g/mol. The Hall–Kier alpha value is -2.19. The maximum absolute atomic E-state index is 6.32. The maximum atomic E-state index is 6.32. The van der Waals surface area contributed by atoms with E-state index in [1.54, 1.807) is 0 Å². The van der Waals surface area contributed by atoms with E-state index in [1.807, 2.05) is 24.3 Å². The minimum atomic E-state index is -0.0688. The smallest absolute Gasteiger partial charge is 0.0706 e. The molecule has 0 amide bonds. The van der Waals surface area contributed by atoms with Gasteiger partial charge in [0.25, 0.3) is 0 Å². The van der Waals surface area contributed by atoms with Crippen LogP contribution in [0, 0.1) is 6.92 Å². The molecule has 0 saturated heterocycles. The Morgan fingerprint density at radius 3 is 2.55 bits per heavy atom. The van der Waals surface area contributed by atoms with Gasteiger partial charge in [-0.05, 0) is 36.6 Å². The summed E-state index contributed by atoms with van der Waals surface area (Å²) in [4.78, 5) is 4.68. The molecule has 0 fully saturated rings. The number of nitrogens with two attached hydrogens (primary N) is 1. The van der Waals surface area contributed by atoms with E-state index in [0.717, 1.165) is 23.0 Å². The molecule has 0 spiro atoms. The van der Waals surface area contributed by atoms with E-state index in [0.29, 0.717) is 0 Å². The van der Waals surface area contributed by atoms with Gasteiger partial charge in [0.1, 0.15) is 0 Å². The van der Waals surface area contributed by atoms with E-state index in [2.05, 4.69) is 48.3 Å². The van der Waals surface area contributed by atoms with Crippen molar-refractivity contribution in [2.24, 2.45) is 5.73 Å². The van der Waals surface area contributed by atoms with E-state index < -0.39 is 0 Å². The number of benzene rings is 2. The summed E-state index contributed by atoms with van der Waals surface area (Å²) < 4.78 is 0. The Morgan fingerprint density at radius 2 is 1.70 bits per heavy atom. The van der Waals surface area contributed by atoms with Gasteiger partial charge in [0.05, 0.1) is 17.3 Å². The second-order valence-corrected chi connectivity index (χ2v) is 5.17. The van der Waals surface area contributed by atoms with Crippen LogP contribution in [0.5, 0.6) is 0 Å². The molecule has 1 aromatic heterocycles. The molecule has 0 saturated carbocycles.